The van der Waals surface area contributed by atoms with Crippen LogP contribution in [0.15, 0.2) is 0 Å². The first-order valence-electron chi connectivity index (χ1n) is 6.38. The van der Waals surface area contributed by atoms with Crippen molar-refractivity contribution in [1.82, 2.24) is 5.32 Å². The molecule has 8 heteroatoms. The summed E-state index contributed by atoms with van der Waals surface area (Å²) in [6.07, 6.45) is 1.52. The molecule has 118 valence electrons. The topological polar surface area (TPSA) is 116 Å². The van der Waals surface area contributed by atoms with Crippen molar-refractivity contribution in [2.24, 2.45) is 11.7 Å². The molecule has 1 unspecified atom stereocenters. The number of hydrogen-bond acceptors (Lipinski definition) is 6. The summed E-state index contributed by atoms with van der Waals surface area (Å²) in [5, 5.41) is 2.50. The third-order valence-corrected chi connectivity index (χ3v) is 3.62. The maximum atomic E-state index is 11.8. The fourth-order valence-electron chi connectivity index (χ4n) is 1.58. The van der Waals surface area contributed by atoms with E-state index < -0.39 is 33.8 Å². The van der Waals surface area contributed by atoms with Crippen molar-refractivity contribution in [3.8, 4) is 0 Å². The second-order valence-electron chi connectivity index (χ2n) is 5.24. The first-order valence-corrected chi connectivity index (χ1v) is 8.44. The van der Waals surface area contributed by atoms with E-state index in [-0.39, 0.29) is 18.1 Å². The van der Waals surface area contributed by atoms with Crippen LogP contribution in [-0.2, 0) is 24.2 Å². The number of carbonyl (C=O) groups excluding carboxylic acids is 2. The lowest BCUT2D eigenvalue weighted by Crippen LogP contribution is -2.49. The van der Waals surface area contributed by atoms with Gasteiger partial charge in [-0.3, -0.25) is 4.79 Å². The first kappa shape index (κ1) is 18.9. The average molecular weight is 308 g/mol. The fourth-order valence-corrected chi connectivity index (χ4v) is 2.26. The minimum atomic E-state index is -3.17. The van der Waals surface area contributed by atoms with Crippen LogP contribution in [0.25, 0.3) is 0 Å². The average Bonchev–Trinajstić information content (AvgIpc) is 2.32. The molecule has 0 spiro atoms. The standard InChI is InChI=1S/C12H24N2O5S/c1-8(2)7-10(12(16)19-3)14-11(15)9(13)5-6-20(4,17)18/h8-10H,5-7,13H2,1-4H3,(H,14,15)/t9?,10-/m0/s1. The number of nitrogens with one attached hydrogen (secondary N) is 1. The van der Waals surface area contributed by atoms with E-state index >= 15 is 0 Å². The summed E-state index contributed by atoms with van der Waals surface area (Å²) in [6.45, 7) is 3.82. The molecular weight excluding hydrogens is 284 g/mol. The third-order valence-electron chi connectivity index (χ3n) is 2.65. The Morgan fingerprint density at radius 2 is 1.85 bits per heavy atom. The van der Waals surface area contributed by atoms with E-state index in [0.717, 1.165) is 6.26 Å². The van der Waals surface area contributed by atoms with Gasteiger partial charge in [-0.25, -0.2) is 13.2 Å². The summed E-state index contributed by atoms with van der Waals surface area (Å²) >= 11 is 0. The zero-order valence-electron chi connectivity index (χ0n) is 12.4. The Kier molecular flexibility index (Phi) is 7.74. The van der Waals surface area contributed by atoms with E-state index in [2.05, 4.69) is 10.1 Å². The second kappa shape index (κ2) is 8.21. The smallest absolute Gasteiger partial charge is 0.328 e. The molecular formula is C12H24N2O5S. The molecule has 0 aliphatic heterocycles. The number of amides is 1. The number of carbonyl (C=O) groups is 2. The molecule has 1 amide bonds. The number of nitrogens with two attached hydrogens (primary N) is 1. The Balaban J connectivity index is 4.54. The van der Waals surface area contributed by atoms with Gasteiger partial charge in [0.05, 0.1) is 18.9 Å². The van der Waals surface area contributed by atoms with Crippen molar-refractivity contribution < 1.29 is 22.7 Å². The molecule has 3 N–H and O–H groups in total. The van der Waals surface area contributed by atoms with Crippen LogP contribution in [-0.4, -0.2) is 51.5 Å². The van der Waals surface area contributed by atoms with E-state index in [1.54, 1.807) is 0 Å². The van der Waals surface area contributed by atoms with Crippen molar-refractivity contribution in [2.75, 3.05) is 19.1 Å². The normalized spacial score (nSPS) is 14.7. The summed E-state index contributed by atoms with van der Waals surface area (Å²) in [4.78, 5) is 23.4. The number of rotatable bonds is 8. The predicted octanol–water partition coefficient (Wildman–Crippen LogP) is -0.548. The molecule has 0 bridgehead atoms. The minimum absolute atomic E-state index is 0.0141. The highest BCUT2D eigenvalue weighted by Gasteiger charge is 2.25. The Bertz CT molecular complexity index is 433. The van der Waals surface area contributed by atoms with E-state index in [1.807, 2.05) is 13.8 Å². The highest BCUT2D eigenvalue weighted by atomic mass is 32.2. The van der Waals surface area contributed by atoms with Crippen molar-refractivity contribution in [3.63, 3.8) is 0 Å². The number of ether oxygens (including phenoxy) is 1. The number of methoxy groups -OCH3 is 1. The molecule has 7 nitrogen and oxygen atoms in total. The molecule has 0 rings (SSSR count). The molecule has 0 radical (unpaired) electrons. The number of sulfone groups is 1. The molecule has 2 atom stereocenters. The molecule has 0 saturated heterocycles. The Morgan fingerprint density at radius 3 is 2.25 bits per heavy atom. The van der Waals surface area contributed by atoms with Crippen LogP contribution < -0.4 is 11.1 Å². The Hall–Kier alpha value is -1.15. The van der Waals surface area contributed by atoms with Crippen molar-refractivity contribution in [3.05, 3.63) is 0 Å². The summed E-state index contributed by atoms with van der Waals surface area (Å²) in [7, 11) is -1.93. The van der Waals surface area contributed by atoms with E-state index in [1.165, 1.54) is 7.11 Å². The van der Waals surface area contributed by atoms with Crippen LogP contribution in [0.4, 0.5) is 0 Å². The van der Waals surface area contributed by atoms with Gasteiger partial charge in [-0.1, -0.05) is 13.8 Å². The van der Waals surface area contributed by atoms with Crippen LogP contribution in [0.2, 0.25) is 0 Å². The molecule has 0 aliphatic rings. The van der Waals surface area contributed by atoms with E-state index in [4.69, 9.17) is 5.73 Å². The Labute approximate surface area is 120 Å². The minimum Gasteiger partial charge on any atom is -0.467 e. The van der Waals surface area contributed by atoms with Crippen molar-refractivity contribution >= 4 is 21.7 Å². The molecule has 0 aromatic heterocycles. The van der Waals surface area contributed by atoms with Crippen LogP contribution >= 0.6 is 0 Å². The second-order valence-corrected chi connectivity index (χ2v) is 7.50. The van der Waals surface area contributed by atoms with Crippen LogP contribution in [0.5, 0.6) is 0 Å². The molecule has 0 aromatic carbocycles. The predicted molar refractivity (Wildman–Crippen MR) is 75.7 cm³/mol. The van der Waals surface area contributed by atoms with E-state index in [0.29, 0.717) is 6.42 Å². The van der Waals surface area contributed by atoms with Gasteiger partial charge < -0.3 is 15.8 Å². The molecule has 20 heavy (non-hydrogen) atoms. The SMILES string of the molecule is COC(=O)[C@H](CC(C)C)NC(=O)C(N)CCS(C)(=O)=O. The van der Waals surface area contributed by atoms with Gasteiger partial charge in [0.25, 0.3) is 0 Å². The maximum Gasteiger partial charge on any atom is 0.328 e. The van der Waals surface area contributed by atoms with Gasteiger partial charge in [0, 0.05) is 6.26 Å². The Morgan fingerprint density at radius 1 is 1.30 bits per heavy atom. The van der Waals surface area contributed by atoms with Gasteiger partial charge in [-0.05, 0) is 18.8 Å². The molecule has 0 fully saturated rings. The summed E-state index contributed by atoms with van der Waals surface area (Å²) in [6, 6.07) is -1.74. The number of hydrogen-bond donors (Lipinski definition) is 2. The highest BCUT2D eigenvalue weighted by Crippen LogP contribution is 2.07. The fraction of sp³-hybridized carbons (Fsp3) is 0.833. The zero-order valence-corrected chi connectivity index (χ0v) is 13.2. The quantitative estimate of drug-likeness (QED) is 0.581. The van der Waals surface area contributed by atoms with Gasteiger partial charge in [-0.2, -0.15) is 0 Å². The zero-order chi connectivity index (χ0) is 15.9. The lowest BCUT2D eigenvalue weighted by atomic mass is 10.0. The molecule has 0 heterocycles. The van der Waals surface area contributed by atoms with Gasteiger partial charge >= 0.3 is 5.97 Å². The monoisotopic (exact) mass is 308 g/mol. The molecule has 0 saturated carbocycles. The van der Waals surface area contributed by atoms with Crippen LogP contribution in [0.1, 0.15) is 26.7 Å². The van der Waals surface area contributed by atoms with Gasteiger partial charge in [0.1, 0.15) is 15.9 Å². The van der Waals surface area contributed by atoms with Gasteiger partial charge in [0.15, 0.2) is 0 Å². The van der Waals surface area contributed by atoms with Gasteiger partial charge in [0.2, 0.25) is 5.91 Å². The molecule has 0 aromatic rings. The summed E-state index contributed by atoms with van der Waals surface area (Å²) in [5.41, 5.74) is 5.62. The van der Waals surface area contributed by atoms with Crippen molar-refractivity contribution in [1.29, 1.82) is 0 Å². The summed E-state index contributed by atoms with van der Waals surface area (Å²) in [5.74, 6) is -1.08. The lowest BCUT2D eigenvalue weighted by Gasteiger charge is -2.20. The summed E-state index contributed by atoms with van der Waals surface area (Å²) < 4.78 is 26.7. The highest BCUT2D eigenvalue weighted by molar-refractivity contribution is 7.90. The number of esters is 1. The lowest BCUT2D eigenvalue weighted by molar-refractivity contribution is -0.145. The van der Waals surface area contributed by atoms with E-state index in [9.17, 15) is 18.0 Å². The third kappa shape index (κ3) is 8.11. The first-order chi connectivity index (χ1) is 9.06. The van der Waals surface area contributed by atoms with Crippen LogP contribution in [0.3, 0.4) is 0 Å². The molecule has 0 aliphatic carbocycles. The van der Waals surface area contributed by atoms with Crippen LogP contribution in [0, 0.1) is 5.92 Å². The van der Waals surface area contributed by atoms with Gasteiger partial charge in [-0.15, -0.1) is 0 Å². The maximum absolute atomic E-state index is 11.8. The van der Waals surface area contributed by atoms with Crippen molar-refractivity contribution in [2.45, 2.75) is 38.8 Å². The largest absolute Gasteiger partial charge is 0.467 e.